The lowest BCUT2D eigenvalue weighted by molar-refractivity contribution is 0.381. The van der Waals surface area contributed by atoms with Crippen LogP contribution in [-0.2, 0) is 10.4 Å². The number of hydrogen-bond donors (Lipinski definition) is 5. The Bertz CT molecular complexity index is 94.5. The Kier molecular flexibility index (Phi) is 13.2. The van der Waals surface area contributed by atoms with Gasteiger partial charge in [0.25, 0.3) is 0 Å². The van der Waals surface area contributed by atoms with Gasteiger partial charge in [0.2, 0.25) is 0 Å². The van der Waals surface area contributed by atoms with E-state index in [1.807, 2.05) is 0 Å². The van der Waals surface area contributed by atoms with Crippen LogP contribution < -0.4 is 17.8 Å². The van der Waals surface area contributed by atoms with Gasteiger partial charge in [-0.3, -0.25) is 20.8 Å². The van der Waals surface area contributed by atoms with Gasteiger partial charge in [0.15, 0.2) is 0 Å². The molecule has 7 nitrogen and oxygen atoms in total. The van der Waals surface area contributed by atoms with Crippen LogP contribution in [0.5, 0.6) is 0 Å². The lowest BCUT2D eigenvalue weighted by Gasteiger charge is -1.68. The van der Waals surface area contributed by atoms with E-state index in [0.717, 1.165) is 0 Å². The van der Waals surface area contributed by atoms with Gasteiger partial charge >= 0.3 is 10.4 Å². The molecule has 8 heavy (non-hydrogen) atoms. The average molecular weight is 147 g/mol. The summed E-state index contributed by atoms with van der Waals surface area (Å²) in [6.45, 7) is 0. The molecule has 0 bridgehead atoms. The van der Waals surface area contributed by atoms with Crippen molar-refractivity contribution < 1.29 is 17.5 Å². The van der Waals surface area contributed by atoms with E-state index in [-0.39, 0.29) is 6.15 Å². The summed E-state index contributed by atoms with van der Waals surface area (Å²) in [4.78, 5) is 0. The van der Waals surface area contributed by atoms with Gasteiger partial charge < -0.3 is 6.15 Å². The first-order chi connectivity index (χ1) is 3.00. The molecule has 0 aromatic rings. The summed E-state index contributed by atoms with van der Waals surface area (Å²) in [5.74, 6) is 8.00. The van der Waals surface area contributed by atoms with E-state index in [9.17, 15) is 0 Å². The van der Waals surface area contributed by atoms with E-state index in [0.29, 0.717) is 0 Å². The van der Waals surface area contributed by atoms with E-state index in [4.69, 9.17) is 17.5 Å². The summed E-state index contributed by atoms with van der Waals surface area (Å²) in [5.41, 5.74) is 0. The number of rotatable bonds is 0. The lowest BCUT2D eigenvalue weighted by Crippen LogP contribution is -2.02. The molecule has 0 amide bonds. The Morgan fingerprint density at radius 3 is 1.12 bits per heavy atom. The Labute approximate surface area is 46.8 Å². The van der Waals surface area contributed by atoms with Gasteiger partial charge in [-0.2, -0.15) is 8.42 Å². The molecule has 0 rings (SSSR count). The molecule has 0 aliphatic carbocycles. The van der Waals surface area contributed by atoms with Crippen LogP contribution in [0.3, 0.4) is 0 Å². The summed E-state index contributed by atoms with van der Waals surface area (Å²) in [6, 6.07) is 0. The molecule has 0 aromatic heterocycles. The molecule has 0 aromatic carbocycles. The van der Waals surface area contributed by atoms with Gasteiger partial charge in [-0.1, -0.05) is 0 Å². The van der Waals surface area contributed by atoms with Crippen LogP contribution in [-0.4, -0.2) is 17.5 Å². The lowest BCUT2D eigenvalue weighted by atomic mass is 13.0. The van der Waals surface area contributed by atoms with Crippen LogP contribution >= 0.6 is 0 Å². The summed E-state index contributed by atoms with van der Waals surface area (Å²) >= 11 is 0. The van der Waals surface area contributed by atoms with Crippen molar-refractivity contribution in [1.29, 1.82) is 0 Å². The van der Waals surface area contributed by atoms with Gasteiger partial charge in [-0.15, -0.1) is 0 Å². The molecule has 0 heterocycles. The first-order valence-corrected chi connectivity index (χ1v) is 2.43. The second kappa shape index (κ2) is 6.75. The summed E-state index contributed by atoms with van der Waals surface area (Å²) in [5, 5.41) is 0. The highest BCUT2D eigenvalue weighted by atomic mass is 32.3. The predicted molar refractivity (Wildman–Crippen MR) is 27.6 cm³/mol. The molecule has 0 radical (unpaired) electrons. The van der Waals surface area contributed by atoms with E-state index in [1.54, 1.807) is 0 Å². The van der Waals surface area contributed by atoms with Gasteiger partial charge in [0.1, 0.15) is 0 Å². The van der Waals surface area contributed by atoms with Crippen LogP contribution in [0.2, 0.25) is 0 Å². The SMILES string of the molecule is N.NN.O=S(=O)(O)O. The van der Waals surface area contributed by atoms with Crippen LogP contribution in [0.1, 0.15) is 0 Å². The zero-order chi connectivity index (χ0) is 6.50. The first kappa shape index (κ1) is 15.7. The molecule has 8 heteroatoms. The van der Waals surface area contributed by atoms with E-state index in [1.165, 1.54) is 0 Å². The van der Waals surface area contributed by atoms with Crippen molar-refractivity contribution in [3.8, 4) is 0 Å². The summed E-state index contributed by atoms with van der Waals surface area (Å²) < 4.78 is 31.6. The van der Waals surface area contributed by atoms with E-state index < -0.39 is 10.4 Å². The molecule has 54 valence electrons. The molecule has 0 saturated carbocycles. The van der Waals surface area contributed by atoms with Crippen molar-refractivity contribution in [2.75, 3.05) is 0 Å². The molecule has 0 spiro atoms. The van der Waals surface area contributed by atoms with Crippen LogP contribution in [0, 0.1) is 0 Å². The van der Waals surface area contributed by atoms with Crippen molar-refractivity contribution in [1.82, 2.24) is 6.15 Å². The van der Waals surface area contributed by atoms with Crippen molar-refractivity contribution in [3.63, 3.8) is 0 Å². The maximum Gasteiger partial charge on any atom is 0.394 e. The molecule has 0 fully saturated rings. The fraction of sp³-hybridized carbons (Fsp3) is 0. The Morgan fingerprint density at radius 2 is 1.12 bits per heavy atom. The minimum Gasteiger partial charge on any atom is -0.344 e. The third-order valence-electron chi connectivity index (χ3n) is 0. The number of nitrogens with two attached hydrogens (primary N) is 2. The topological polar surface area (TPSA) is 162 Å². The minimum absolute atomic E-state index is 0. The van der Waals surface area contributed by atoms with Crippen molar-refractivity contribution in [2.24, 2.45) is 11.7 Å². The third kappa shape index (κ3) is 2080. The Hall–Kier alpha value is -0.250. The average Bonchev–Trinajstić information content (AvgIpc) is 1.36. The molecule has 0 aliphatic heterocycles. The van der Waals surface area contributed by atoms with Gasteiger partial charge in [0.05, 0.1) is 0 Å². The van der Waals surface area contributed by atoms with Crippen molar-refractivity contribution in [3.05, 3.63) is 0 Å². The minimum atomic E-state index is -4.67. The standard InChI is InChI=1S/H4N2.H3N.H2O4S/c1-2;;1-5(2,3)4/h1-2H2;1H3;(H2,1,2,3,4). The second-order valence-electron chi connectivity index (χ2n) is 0.448. The quantitative estimate of drug-likeness (QED) is 0.155. The molecule has 0 aliphatic rings. The molecule has 0 saturated heterocycles. The first-order valence-electron chi connectivity index (χ1n) is 1.03. The zero-order valence-electron chi connectivity index (χ0n) is 3.98. The monoisotopic (exact) mass is 147 g/mol. The highest BCUT2D eigenvalue weighted by molar-refractivity contribution is 7.79. The van der Waals surface area contributed by atoms with Gasteiger partial charge in [-0.05, 0) is 0 Å². The fourth-order valence-corrected chi connectivity index (χ4v) is 0. The normalized spacial score (nSPS) is 8.00. The van der Waals surface area contributed by atoms with Gasteiger partial charge in [0, 0.05) is 0 Å². The van der Waals surface area contributed by atoms with Crippen molar-refractivity contribution in [2.45, 2.75) is 0 Å². The van der Waals surface area contributed by atoms with E-state index in [2.05, 4.69) is 11.7 Å². The molecular formula is H9N3O4S. The summed E-state index contributed by atoms with van der Waals surface area (Å²) in [7, 11) is -4.67. The molecule has 9 N–H and O–H groups in total. The Balaban J connectivity index is -0.0000000750. The van der Waals surface area contributed by atoms with E-state index >= 15 is 0 Å². The third-order valence-corrected chi connectivity index (χ3v) is 0. The Morgan fingerprint density at radius 1 is 1.12 bits per heavy atom. The maximum absolute atomic E-state index is 8.74. The molecule has 0 atom stereocenters. The smallest absolute Gasteiger partial charge is 0.344 e. The van der Waals surface area contributed by atoms with Crippen molar-refractivity contribution >= 4 is 10.4 Å². The van der Waals surface area contributed by atoms with Crippen LogP contribution in [0.25, 0.3) is 0 Å². The summed E-state index contributed by atoms with van der Waals surface area (Å²) in [6.07, 6.45) is 0. The predicted octanol–water partition coefficient (Wildman–Crippen LogP) is -1.67. The molecular weight excluding hydrogens is 138 g/mol. The van der Waals surface area contributed by atoms with Crippen LogP contribution in [0.15, 0.2) is 0 Å². The highest BCUT2D eigenvalue weighted by Gasteiger charge is 1.84. The fourth-order valence-electron chi connectivity index (χ4n) is 0. The van der Waals surface area contributed by atoms with Gasteiger partial charge in [-0.25, -0.2) is 0 Å². The largest absolute Gasteiger partial charge is 0.394 e. The van der Waals surface area contributed by atoms with Crippen LogP contribution in [0.4, 0.5) is 0 Å². The maximum atomic E-state index is 8.74. The molecule has 0 unspecified atom stereocenters. The number of hydrogen-bond acceptors (Lipinski definition) is 5. The highest BCUT2D eigenvalue weighted by Crippen LogP contribution is 1.59. The zero-order valence-corrected chi connectivity index (χ0v) is 4.80. The number of hydrazine groups is 1. The second-order valence-corrected chi connectivity index (χ2v) is 1.34.